The van der Waals surface area contributed by atoms with E-state index in [1.54, 1.807) is 17.0 Å². The summed E-state index contributed by atoms with van der Waals surface area (Å²) in [7, 11) is 1.83. The lowest BCUT2D eigenvalue weighted by molar-refractivity contribution is 0.302. The molecule has 0 aliphatic carbocycles. The first-order valence-corrected chi connectivity index (χ1v) is 3.41. The zero-order chi connectivity index (χ0) is 8.27. The number of anilines is 2. The average molecular weight is 156 g/mol. The fourth-order valence-corrected chi connectivity index (χ4v) is 0.808. The van der Waals surface area contributed by atoms with Gasteiger partial charge in [0, 0.05) is 25.7 Å². The van der Waals surface area contributed by atoms with Gasteiger partial charge in [-0.2, -0.15) is 0 Å². The standard InChI is InChI=1S/C7H12N2O2/c1-9(4-5-10)7-3-2-6(8)11-7/h2-3,10H,4-5,8H2,1H3. The zero-order valence-corrected chi connectivity index (χ0v) is 6.45. The van der Waals surface area contributed by atoms with Gasteiger partial charge in [0.15, 0.2) is 11.8 Å². The molecule has 0 aromatic carbocycles. The SMILES string of the molecule is CN(CCO)c1ccc(N)o1. The average Bonchev–Trinajstić information content (AvgIpc) is 2.36. The Balaban J connectivity index is 2.60. The van der Waals surface area contributed by atoms with Crippen molar-refractivity contribution >= 4 is 11.8 Å². The van der Waals surface area contributed by atoms with Crippen LogP contribution in [0.4, 0.5) is 11.8 Å². The van der Waals surface area contributed by atoms with Crippen LogP contribution in [0.3, 0.4) is 0 Å². The van der Waals surface area contributed by atoms with Crippen LogP contribution in [-0.2, 0) is 0 Å². The lowest BCUT2D eigenvalue weighted by Crippen LogP contribution is -2.20. The van der Waals surface area contributed by atoms with Crippen molar-refractivity contribution in [1.82, 2.24) is 0 Å². The number of nitrogens with two attached hydrogens (primary N) is 1. The van der Waals surface area contributed by atoms with Crippen LogP contribution in [0.5, 0.6) is 0 Å². The van der Waals surface area contributed by atoms with E-state index in [9.17, 15) is 0 Å². The lowest BCUT2D eigenvalue weighted by atomic mass is 10.5. The van der Waals surface area contributed by atoms with Gasteiger partial charge in [-0.1, -0.05) is 0 Å². The summed E-state index contributed by atoms with van der Waals surface area (Å²) in [5.41, 5.74) is 5.36. The molecule has 0 unspecified atom stereocenters. The van der Waals surface area contributed by atoms with Crippen LogP contribution in [0.25, 0.3) is 0 Å². The molecule has 11 heavy (non-hydrogen) atoms. The molecule has 0 aliphatic rings. The van der Waals surface area contributed by atoms with E-state index in [-0.39, 0.29) is 6.61 Å². The fraction of sp³-hybridized carbons (Fsp3) is 0.429. The zero-order valence-electron chi connectivity index (χ0n) is 6.45. The van der Waals surface area contributed by atoms with Crippen molar-refractivity contribution in [3.8, 4) is 0 Å². The van der Waals surface area contributed by atoms with E-state index in [2.05, 4.69) is 0 Å². The molecule has 0 aliphatic heterocycles. The number of nitrogen functional groups attached to an aromatic ring is 1. The van der Waals surface area contributed by atoms with Crippen LogP contribution in [-0.4, -0.2) is 25.3 Å². The predicted octanol–water partition coefficient (Wildman–Crippen LogP) is 0.290. The minimum absolute atomic E-state index is 0.108. The second-order valence-electron chi connectivity index (χ2n) is 2.32. The van der Waals surface area contributed by atoms with Crippen molar-refractivity contribution in [1.29, 1.82) is 0 Å². The van der Waals surface area contributed by atoms with Crippen LogP contribution in [0.2, 0.25) is 0 Å². The summed E-state index contributed by atoms with van der Waals surface area (Å²) in [6, 6.07) is 3.45. The Bertz CT molecular complexity index is 222. The van der Waals surface area contributed by atoms with Crippen LogP contribution >= 0.6 is 0 Å². The first-order chi connectivity index (χ1) is 5.24. The number of furan rings is 1. The van der Waals surface area contributed by atoms with Crippen LogP contribution in [0, 0.1) is 0 Å². The third-order valence-electron chi connectivity index (χ3n) is 1.42. The first-order valence-electron chi connectivity index (χ1n) is 3.41. The van der Waals surface area contributed by atoms with Gasteiger partial charge in [-0.3, -0.25) is 0 Å². The Labute approximate surface area is 65.2 Å². The van der Waals surface area contributed by atoms with Gasteiger partial charge in [0.25, 0.3) is 0 Å². The first kappa shape index (κ1) is 7.94. The number of nitrogens with zero attached hydrogens (tertiary/aromatic N) is 1. The molecule has 62 valence electrons. The maximum absolute atomic E-state index is 8.59. The number of aliphatic hydroxyl groups is 1. The van der Waals surface area contributed by atoms with E-state index < -0.39 is 0 Å². The molecule has 0 amide bonds. The Morgan fingerprint density at radius 2 is 2.36 bits per heavy atom. The van der Waals surface area contributed by atoms with Gasteiger partial charge in [0.05, 0.1) is 6.61 Å². The largest absolute Gasteiger partial charge is 0.425 e. The summed E-state index contributed by atoms with van der Waals surface area (Å²) in [5.74, 6) is 1.07. The number of hydrogen-bond donors (Lipinski definition) is 2. The molecule has 0 saturated carbocycles. The van der Waals surface area contributed by atoms with Crippen LogP contribution in [0.1, 0.15) is 0 Å². The molecule has 0 spiro atoms. The molecule has 0 saturated heterocycles. The highest BCUT2D eigenvalue weighted by molar-refractivity contribution is 5.41. The third-order valence-corrected chi connectivity index (χ3v) is 1.42. The number of hydrogen-bond acceptors (Lipinski definition) is 4. The Kier molecular flexibility index (Phi) is 2.38. The lowest BCUT2D eigenvalue weighted by Gasteiger charge is -2.12. The Hall–Kier alpha value is -1.16. The fourth-order valence-electron chi connectivity index (χ4n) is 0.808. The molecule has 4 heteroatoms. The highest BCUT2D eigenvalue weighted by Crippen LogP contribution is 2.17. The quantitative estimate of drug-likeness (QED) is 0.660. The summed E-state index contributed by atoms with van der Waals surface area (Å²) < 4.78 is 5.09. The highest BCUT2D eigenvalue weighted by Gasteiger charge is 2.03. The molecule has 4 nitrogen and oxygen atoms in total. The van der Waals surface area contributed by atoms with Crippen LogP contribution < -0.4 is 10.6 Å². The van der Waals surface area contributed by atoms with Gasteiger partial charge in [0.1, 0.15) is 0 Å². The van der Waals surface area contributed by atoms with Gasteiger partial charge in [0.2, 0.25) is 0 Å². The van der Waals surface area contributed by atoms with Crippen molar-refractivity contribution in [2.75, 3.05) is 30.8 Å². The topological polar surface area (TPSA) is 62.6 Å². The molecule has 1 heterocycles. The van der Waals surface area contributed by atoms with E-state index in [1.807, 2.05) is 7.05 Å². The van der Waals surface area contributed by atoms with Crippen molar-refractivity contribution in [3.63, 3.8) is 0 Å². The van der Waals surface area contributed by atoms with Gasteiger partial charge in [-0.25, -0.2) is 0 Å². The maximum atomic E-state index is 8.59. The van der Waals surface area contributed by atoms with E-state index in [0.29, 0.717) is 18.3 Å². The number of aliphatic hydroxyl groups excluding tert-OH is 1. The molecule has 0 fully saturated rings. The van der Waals surface area contributed by atoms with Crippen molar-refractivity contribution in [2.45, 2.75) is 0 Å². The van der Waals surface area contributed by atoms with Crippen LogP contribution in [0.15, 0.2) is 16.5 Å². The van der Waals surface area contributed by atoms with Gasteiger partial charge < -0.3 is 20.2 Å². The van der Waals surface area contributed by atoms with E-state index in [4.69, 9.17) is 15.3 Å². The maximum Gasteiger partial charge on any atom is 0.197 e. The third kappa shape index (κ3) is 1.88. The van der Waals surface area contributed by atoms with Crippen molar-refractivity contribution in [2.24, 2.45) is 0 Å². The minimum atomic E-state index is 0.108. The van der Waals surface area contributed by atoms with Crippen molar-refractivity contribution in [3.05, 3.63) is 12.1 Å². The molecular weight excluding hydrogens is 144 g/mol. The normalized spacial score (nSPS) is 10.0. The van der Waals surface area contributed by atoms with E-state index in [1.165, 1.54) is 0 Å². The molecule has 3 N–H and O–H groups in total. The minimum Gasteiger partial charge on any atom is -0.425 e. The van der Waals surface area contributed by atoms with Gasteiger partial charge in [-0.15, -0.1) is 0 Å². The molecular formula is C7H12N2O2. The molecule has 0 bridgehead atoms. The summed E-state index contributed by atoms with van der Waals surface area (Å²) >= 11 is 0. The molecule has 0 atom stereocenters. The number of rotatable bonds is 3. The number of likely N-dealkylation sites (N-methyl/N-ethyl adjacent to an activating group) is 1. The molecule has 0 radical (unpaired) electrons. The summed E-state index contributed by atoms with van der Waals surface area (Å²) in [6.07, 6.45) is 0. The second-order valence-corrected chi connectivity index (χ2v) is 2.32. The van der Waals surface area contributed by atoms with Gasteiger partial charge >= 0.3 is 0 Å². The Morgan fingerprint density at radius 1 is 1.64 bits per heavy atom. The highest BCUT2D eigenvalue weighted by atomic mass is 16.4. The second kappa shape index (κ2) is 3.30. The van der Waals surface area contributed by atoms with E-state index in [0.717, 1.165) is 0 Å². The summed E-state index contributed by atoms with van der Waals surface area (Å²) in [5, 5.41) is 8.59. The van der Waals surface area contributed by atoms with E-state index >= 15 is 0 Å². The summed E-state index contributed by atoms with van der Waals surface area (Å²) in [4.78, 5) is 1.79. The molecule has 1 rings (SSSR count). The molecule has 1 aromatic heterocycles. The summed E-state index contributed by atoms with van der Waals surface area (Å²) in [6.45, 7) is 0.657. The Morgan fingerprint density at radius 3 is 2.82 bits per heavy atom. The van der Waals surface area contributed by atoms with Gasteiger partial charge in [-0.05, 0) is 0 Å². The predicted molar refractivity (Wildman–Crippen MR) is 43.5 cm³/mol. The monoisotopic (exact) mass is 156 g/mol. The van der Waals surface area contributed by atoms with Crippen molar-refractivity contribution < 1.29 is 9.52 Å². The smallest absolute Gasteiger partial charge is 0.197 e. The molecule has 1 aromatic rings.